The second-order valence-electron chi connectivity index (χ2n) is 9.66. The van der Waals surface area contributed by atoms with E-state index in [1.165, 1.54) is 10.9 Å². The molecule has 1 saturated heterocycles. The highest BCUT2D eigenvalue weighted by Gasteiger charge is 2.44. The van der Waals surface area contributed by atoms with Gasteiger partial charge in [0.15, 0.2) is 24.3 Å². The van der Waals surface area contributed by atoms with Crippen molar-refractivity contribution in [2.45, 2.75) is 64.3 Å². The second kappa shape index (κ2) is 10.5. The average molecular weight is 517 g/mol. The van der Waals surface area contributed by atoms with E-state index in [1.54, 1.807) is 32.9 Å². The Kier molecular flexibility index (Phi) is 7.50. The summed E-state index contributed by atoms with van der Waals surface area (Å²) in [7, 11) is 0. The summed E-state index contributed by atoms with van der Waals surface area (Å²) in [4.78, 5) is 25.1. The molecule has 1 aromatic carbocycles. The molecule has 4 atom stereocenters. The highest BCUT2D eigenvalue weighted by atomic mass is 16.6. The number of hydrogen-bond donors (Lipinski definition) is 5. The molecule has 200 valence electrons. The third kappa shape index (κ3) is 5.74. The number of imidazole rings is 1. The molecule has 1 aliphatic rings. The molecule has 2 aromatic heterocycles. The van der Waals surface area contributed by atoms with Gasteiger partial charge in [-0.3, -0.25) is 4.57 Å². The fourth-order valence-corrected chi connectivity index (χ4v) is 3.99. The Morgan fingerprint density at radius 1 is 1.24 bits per heavy atom. The molecule has 0 aliphatic carbocycles. The molecular formula is C24H32N6O7. The largest absolute Gasteiger partial charge is 0.482 e. The van der Waals surface area contributed by atoms with Gasteiger partial charge < -0.3 is 40.6 Å². The number of hydrogen-bond acceptors (Lipinski definition) is 12. The van der Waals surface area contributed by atoms with E-state index in [9.17, 15) is 20.1 Å². The zero-order valence-electron chi connectivity index (χ0n) is 21.1. The van der Waals surface area contributed by atoms with Crippen molar-refractivity contribution >= 4 is 34.6 Å². The van der Waals surface area contributed by atoms with Crippen LogP contribution in [0.4, 0.5) is 17.5 Å². The van der Waals surface area contributed by atoms with Crippen LogP contribution >= 0.6 is 0 Å². The highest BCUT2D eigenvalue weighted by Crippen LogP contribution is 2.33. The van der Waals surface area contributed by atoms with Crippen molar-refractivity contribution in [2.24, 2.45) is 0 Å². The van der Waals surface area contributed by atoms with Gasteiger partial charge in [0.25, 0.3) is 0 Å². The number of anilines is 3. The smallest absolute Gasteiger partial charge is 0.344 e. The van der Waals surface area contributed by atoms with E-state index in [4.69, 9.17) is 19.9 Å². The molecule has 0 spiro atoms. The molecule has 0 bridgehead atoms. The number of aliphatic hydroxyl groups is 3. The van der Waals surface area contributed by atoms with Crippen molar-refractivity contribution in [3.05, 3.63) is 30.1 Å². The number of esters is 1. The molecule has 13 nitrogen and oxygen atoms in total. The fraction of sp³-hybridized carbons (Fsp3) is 0.500. The molecule has 1 aliphatic heterocycles. The monoisotopic (exact) mass is 516 g/mol. The molecule has 1 fully saturated rings. The van der Waals surface area contributed by atoms with E-state index in [0.29, 0.717) is 17.9 Å². The molecule has 0 radical (unpaired) electrons. The van der Waals surface area contributed by atoms with Crippen molar-refractivity contribution in [1.29, 1.82) is 0 Å². The lowest BCUT2D eigenvalue weighted by molar-refractivity contribution is -0.157. The number of nitrogens with two attached hydrogens (primary N) is 1. The minimum absolute atomic E-state index is 0.0911. The number of aryl methyl sites for hydroxylation is 1. The van der Waals surface area contributed by atoms with E-state index in [1.807, 2.05) is 13.0 Å². The molecule has 0 saturated carbocycles. The van der Waals surface area contributed by atoms with Crippen LogP contribution in [0, 0.1) is 0 Å². The van der Waals surface area contributed by atoms with Gasteiger partial charge in [-0.05, 0) is 38.8 Å². The van der Waals surface area contributed by atoms with E-state index in [0.717, 1.165) is 5.56 Å². The summed E-state index contributed by atoms with van der Waals surface area (Å²) in [5, 5.41) is 33.1. The fourth-order valence-electron chi connectivity index (χ4n) is 3.99. The molecule has 4 rings (SSSR count). The van der Waals surface area contributed by atoms with Crippen molar-refractivity contribution in [1.82, 2.24) is 19.5 Å². The van der Waals surface area contributed by atoms with E-state index in [-0.39, 0.29) is 29.5 Å². The lowest BCUT2D eigenvalue weighted by Gasteiger charge is -2.19. The highest BCUT2D eigenvalue weighted by molar-refractivity contribution is 5.83. The van der Waals surface area contributed by atoms with Gasteiger partial charge >= 0.3 is 5.97 Å². The van der Waals surface area contributed by atoms with Crippen LogP contribution in [0.25, 0.3) is 11.2 Å². The number of carbonyl (C=O) groups excluding carboxylic acids is 1. The molecule has 13 heteroatoms. The van der Waals surface area contributed by atoms with Crippen molar-refractivity contribution in [3.8, 4) is 5.75 Å². The molecule has 37 heavy (non-hydrogen) atoms. The number of aromatic nitrogens is 4. The number of benzene rings is 1. The molecule has 0 amide bonds. The van der Waals surface area contributed by atoms with Gasteiger partial charge in [0, 0.05) is 11.8 Å². The minimum Gasteiger partial charge on any atom is -0.482 e. The summed E-state index contributed by atoms with van der Waals surface area (Å²) in [6.07, 6.45) is -2.51. The Bertz CT molecular complexity index is 1270. The van der Waals surface area contributed by atoms with Crippen LogP contribution in [0.5, 0.6) is 5.75 Å². The molecule has 6 N–H and O–H groups in total. The predicted octanol–water partition coefficient (Wildman–Crippen LogP) is 1.05. The third-order valence-electron chi connectivity index (χ3n) is 5.73. The number of nitrogens with one attached hydrogen (secondary N) is 1. The lowest BCUT2D eigenvalue weighted by atomic mass is 10.1. The first kappa shape index (κ1) is 26.5. The van der Waals surface area contributed by atoms with Crippen molar-refractivity contribution in [3.63, 3.8) is 0 Å². The number of nitrogen functional groups attached to an aromatic ring is 1. The summed E-state index contributed by atoms with van der Waals surface area (Å²) in [6.45, 7) is 6.62. The maximum Gasteiger partial charge on any atom is 0.344 e. The first-order valence-electron chi connectivity index (χ1n) is 11.9. The Morgan fingerprint density at radius 2 is 2.00 bits per heavy atom. The summed E-state index contributed by atoms with van der Waals surface area (Å²) < 4.78 is 17.9. The second-order valence-corrected chi connectivity index (χ2v) is 9.66. The van der Waals surface area contributed by atoms with Crippen LogP contribution in [0.15, 0.2) is 24.5 Å². The zero-order valence-corrected chi connectivity index (χ0v) is 21.1. The quantitative estimate of drug-likeness (QED) is 0.268. The molecule has 3 heterocycles. The number of nitrogens with zero attached hydrogens (tertiary/aromatic N) is 4. The standard InChI is InChI=1S/C24H32N6O7/c1-5-12-6-7-13(35-10-16(32)37-24(2,3)4)8-14(12)27-23-28-20(25)17-21(29-23)30(11-26-17)22-19(34)18(33)15(9-31)36-22/h6-8,11,15,18-19,22,31,33-34H,5,9-10H2,1-4H3,(H3,25,27,28,29)/t15-,18-,19-,22-/m1/s1. The van der Waals surface area contributed by atoms with Crippen LogP contribution in [0.1, 0.15) is 39.5 Å². The average Bonchev–Trinajstić information content (AvgIpc) is 3.37. The van der Waals surface area contributed by atoms with Gasteiger partial charge in [0.1, 0.15) is 35.2 Å². The van der Waals surface area contributed by atoms with Crippen LogP contribution in [-0.2, 0) is 20.7 Å². The number of fused-ring (bicyclic) bond motifs is 1. The van der Waals surface area contributed by atoms with Crippen molar-refractivity contribution in [2.75, 3.05) is 24.3 Å². The Labute approximate surface area is 213 Å². The van der Waals surface area contributed by atoms with E-state index in [2.05, 4.69) is 20.3 Å². The van der Waals surface area contributed by atoms with E-state index >= 15 is 0 Å². The molecule has 3 aromatic rings. The summed E-state index contributed by atoms with van der Waals surface area (Å²) in [5.41, 5.74) is 7.65. The zero-order chi connectivity index (χ0) is 26.9. The maximum atomic E-state index is 12.0. The number of aliphatic hydroxyl groups excluding tert-OH is 3. The number of carbonyl (C=O) groups is 1. The molecular weight excluding hydrogens is 484 g/mol. The van der Waals surface area contributed by atoms with Crippen molar-refractivity contribution < 1.29 is 34.3 Å². The predicted molar refractivity (Wildman–Crippen MR) is 133 cm³/mol. The number of ether oxygens (including phenoxy) is 3. The maximum absolute atomic E-state index is 12.0. The topological polar surface area (TPSA) is 187 Å². The summed E-state index contributed by atoms with van der Waals surface area (Å²) in [6, 6.07) is 5.33. The van der Waals surface area contributed by atoms with Gasteiger partial charge in [-0.2, -0.15) is 9.97 Å². The van der Waals surface area contributed by atoms with Gasteiger partial charge in [-0.15, -0.1) is 0 Å². The van der Waals surface area contributed by atoms with Crippen LogP contribution < -0.4 is 15.8 Å². The number of rotatable bonds is 8. The Hall–Kier alpha value is -3.52. The van der Waals surface area contributed by atoms with Gasteiger partial charge in [-0.25, -0.2) is 9.78 Å². The Balaban J connectivity index is 1.59. The first-order chi connectivity index (χ1) is 17.5. The first-order valence-corrected chi connectivity index (χ1v) is 11.9. The van der Waals surface area contributed by atoms with Gasteiger partial charge in [-0.1, -0.05) is 13.0 Å². The summed E-state index contributed by atoms with van der Waals surface area (Å²) >= 11 is 0. The normalized spacial score (nSPS) is 21.8. The van der Waals surface area contributed by atoms with Gasteiger partial charge in [0.2, 0.25) is 5.95 Å². The third-order valence-corrected chi connectivity index (χ3v) is 5.73. The van der Waals surface area contributed by atoms with E-state index < -0.39 is 42.7 Å². The SMILES string of the molecule is CCc1ccc(OCC(=O)OC(C)(C)C)cc1Nc1nc(N)c2ncn([C@@H]3O[C@H](CO)[C@@H](O)[C@H]3O)c2n1. The van der Waals surface area contributed by atoms with Gasteiger partial charge in [0.05, 0.1) is 12.9 Å². The summed E-state index contributed by atoms with van der Waals surface area (Å²) in [5.74, 6) is 0.197. The Morgan fingerprint density at radius 3 is 2.65 bits per heavy atom. The minimum atomic E-state index is -1.31. The van der Waals surface area contributed by atoms with Crippen LogP contribution in [0.3, 0.4) is 0 Å². The lowest BCUT2D eigenvalue weighted by Crippen LogP contribution is -2.33. The van der Waals surface area contributed by atoms with Crippen LogP contribution in [-0.4, -0.2) is 77.9 Å². The van der Waals surface area contributed by atoms with Crippen LogP contribution in [0.2, 0.25) is 0 Å². The molecule has 0 unspecified atom stereocenters.